The Morgan fingerprint density at radius 3 is 3.00 bits per heavy atom. The number of rotatable bonds is 2. The van der Waals surface area contributed by atoms with Crippen LogP contribution in [0.15, 0.2) is 6.33 Å². The van der Waals surface area contributed by atoms with Gasteiger partial charge < -0.3 is 5.32 Å². The van der Waals surface area contributed by atoms with E-state index in [1.165, 1.54) is 48.4 Å². The first-order valence-electron chi connectivity index (χ1n) is 6.60. The second-order valence-electron chi connectivity index (χ2n) is 4.91. The van der Waals surface area contributed by atoms with E-state index >= 15 is 0 Å². The molecule has 1 aromatic heterocycles. The molecule has 3 rings (SSSR count). The molecule has 1 aliphatic heterocycles. The van der Waals surface area contributed by atoms with Gasteiger partial charge in [0, 0.05) is 23.1 Å². The quantitative estimate of drug-likeness (QED) is 0.874. The molecule has 2 aliphatic rings. The lowest BCUT2D eigenvalue weighted by atomic mass is 9.96. The fourth-order valence-corrected chi connectivity index (χ4v) is 3.77. The van der Waals surface area contributed by atoms with Crippen molar-refractivity contribution in [2.75, 3.05) is 16.8 Å². The molecule has 4 heteroatoms. The first-order chi connectivity index (χ1) is 8.43. The van der Waals surface area contributed by atoms with Crippen LogP contribution in [-0.4, -0.2) is 27.5 Å². The van der Waals surface area contributed by atoms with Crippen molar-refractivity contribution in [3.8, 4) is 0 Å². The Morgan fingerprint density at radius 2 is 2.12 bits per heavy atom. The van der Waals surface area contributed by atoms with E-state index in [1.54, 1.807) is 6.33 Å². The highest BCUT2D eigenvalue weighted by atomic mass is 32.2. The van der Waals surface area contributed by atoms with Gasteiger partial charge in [-0.1, -0.05) is 0 Å². The number of nitrogens with one attached hydrogen (secondary N) is 1. The first kappa shape index (κ1) is 11.3. The standard InChI is InChI=1S/C13H19N3S/c1-2-6-12-11(5-1)13(15-9-14-12)16-10-4-3-7-17-8-10/h9-10H,1-8H2,(H,14,15,16). The van der Waals surface area contributed by atoms with Crippen molar-refractivity contribution in [1.82, 2.24) is 9.97 Å². The van der Waals surface area contributed by atoms with Gasteiger partial charge in [-0.25, -0.2) is 9.97 Å². The van der Waals surface area contributed by atoms with Gasteiger partial charge in [-0.15, -0.1) is 0 Å². The van der Waals surface area contributed by atoms with Crippen molar-refractivity contribution in [3.05, 3.63) is 17.6 Å². The van der Waals surface area contributed by atoms with Crippen molar-refractivity contribution in [3.63, 3.8) is 0 Å². The van der Waals surface area contributed by atoms with Gasteiger partial charge >= 0.3 is 0 Å². The van der Waals surface area contributed by atoms with Crippen LogP contribution in [0.4, 0.5) is 5.82 Å². The molecule has 1 atom stereocenters. The predicted octanol–water partition coefficient (Wildman–Crippen LogP) is 2.66. The topological polar surface area (TPSA) is 37.8 Å². The summed E-state index contributed by atoms with van der Waals surface area (Å²) in [5.74, 6) is 3.65. The van der Waals surface area contributed by atoms with Crippen LogP contribution in [0, 0.1) is 0 Å². The molecule has 0 saturated carbocycles. The fraction of sp³-hybridized carbons (Fsp3) is 0.692. The maximum Gasteiger partial charge on any atom is 0.133 e. The minimum absolute atomic E-state index is 0.606. The summed E-state index contributed by atoms with van der Waals surface area (Å²) in [4.78, 5) is 8.87. The summed E-state index contributed by atoms with van der Waals surface area (Å²) in [6, 6.07) is 0.606. The van der Waals surface area contributed by atoms with Gasteiger partial charge in [0.15, 0.2) is 0 Å². The molecule has 0 radical (unpaired) electrons. The molecule has 1 N–H and O–H groups in total. The molecule has 17 heavy (non-hydrogen) atoms. The third-order valence-corrected chi connectivity index (χ3v) is 4.84. The zero-order valence-corrected chi connectivity index (χ0v) is 10.9. The lowest BCUT2D eigenvalue weighted by Crippen LogP contribution is -2.27. The van der Waals surface area contributed by atoms with Crippen LogP contribution in [0.5, 0.6) is 0 Å². The van der Waals surface area contributed by atoms with Crippen LogP contribution in [0.25, 0.3) is 0 Å². The van der Waals surface area contributed by atoms with Crippen LogP contribution in [0.2, 0.25) is 0 Å². The smallest absolute Gasteiger partial charge is 0.133 e. The van der Waals surface area contributed by atoms with Crippen LogP contribution < -0.4 is 5.32 Å². The highest BCUT2D eigenvalue weighted by Crippen LogP contribution is 2.27. The monoisotopic (exact) mass is 249 g/mol. The summed E-state index contributed by atoms with van der Waals surface area (Å²) in [5, 5.41) is 3.64. The van der Waals surface area contributed by atoms with Gasteiger partial charge in [0.1, 0.15) is 12.1 Å². The zero-order valence-electron chi connectivity index (χ0n) is 10.1. The average molecular weight is 249 g/mol. The molecule has 1 aromatic rings. The van der Waals surface area contributed by atoms with Gasteiger partial charge in [0.25, 0.3) is 0 Å². The first-order valence-corrected chi connectivity index (χ1v) is 7.76. The Bertz CT molecular complexity index is 388. The number of nitrogens with zero attached hydrogens (tertiary/aromatic N) is 2. The predicted molar refractivity (Wildman–Crippen MR) is 72.6 cm³/mol. The molecule has 1 saturated heterocycles. The van der Waals surface area contributed by atoms with Crippen LogP contribution >= 0.6 is 11.8 Å². The minimum Gasteiger partial charge on any atom is -0.366 e. The number of aromatic nitrogens is 2. The van der Waals surface area contributed by atoms with Gasteiger partial charge in [0.2, 0.25) is 0 Å². The molecule has 92 valence electrons. The maximum absolute atomic E-state index is 4.45. The Hall–Kier alpha value is -0.770. The lowest BCUT2D eigenvalue weighted by Gasteiger charge is -2.25. The Morgan fingerprint density at radius 1 is 1.18 bits per heavy atom. The van der Waals surface area contributed by atoms with E-state index in [9.17, 15) is 0 Å². The molecule has 0 aromatic carbocycles. The van der Waals surface area contributed by atoms with E-state index in [0.29, 0.717) is 6.04 Å². The fourth-order valence-electron chi connectivity index (χ4n) is 2.69. The zero-order chi connectivity index (χ0) is 11.5. The molecular formula is C13H19N3S. The maximum atomic E-state index is 4.45. The summed E-state index contributed by atoms with van der Waals surface area (Å²) >= 11 is 2.05. The molecule has 0 amide bonds. The highest BCUT2D eigenvalue weighted by Gasteiger charge is 2.19. The third kappa shape index (κ3) is 2.57. The number of thioether (sulfide) groups is 1. The molecule has 1 unspecified atom stereocenters. The Labute approximate surface area is 107 Å². The normalized spacial score (nSPS) is 24.1. The second kappa shape index (κ2) is 5.25. The summed E-state index contributed by atoms with van der Waals surface area (Å²) in [6.07, 6.45) is 9.19. The third-order valence-electron chi connectivity index (χ3n) is 3.63. The van der Waals surface area contributed by atoms with Gasteiger partial charge in [-0.05, 0) is 44.3 Å². The molecule has 1 aliphatic carbocycles. The summed E-state index contributed by atoms with van der Waals surface area (Å²) in [7, 11) is 0. The van der Waals surface area contributed by atoms with E-state index in [0.717, 1.165) is 18.7 Å². The van der Waals surface area contributed by atoms with E-state index in [1.807, 2.05) is 0 Å². The van der Waals surface area contributed by atoms with Crippen LogP contribution in [0.3, 0.4) is 0 Å². The average Bonchev–Trinajstić information content (AvgIpc) is 2.40. The second-order valence-corrected chi connectivity index (χ2v) is 6.06. The summed E-state index contributed by atoms with van der Waals surface area (Å²) in [5.41, 5.74) is 2.66. The van der Waals surface area contributed by atoms with Crippen LogP contribution in [0.1, 0.15) is 36.9 Å². The largest absolute Gasteiger partial charge is 0.366 e. The minimum atomic E-state index is 0.606. The number of hydrogen-bond donors (Lipinski definition) is 1. The summed E-state index contributed by atoms with van der Waals surface area (Å²) < 4.78 is 0. The van der Waals surface area contributed by atoms with Crippen LogP contribution in [-0.2, 0) is 12.8 Å². The van der Waals surface area contributed by atoms with Crippen molar-refractivity contribution in [1.29, 1.82) is 0 Å². The summed E-state index contributed by atoms with van der Waals surface area (Å²) in [6.45, 7) is 0. The number of hydrogen-bond acceptors (Lipinski definition) is 4. The lowest BCUT2D eigenvalue weighted by molar-refractivity contribution is 0.650. The Balaban J connectivity index is 1.77. The van der Waals surface area contributed by atoms with Crippen molar-refractivity contribution in [2.24, 2.45) is 0 Å². The number of fused-ring (bicyclic) bond motifs is 1. The van der Waals surface area contributed by atoms with Gasteiger partial charge in [-0.3, -0.25) is 0 Å². The van der Waals surface area contributed by atoms with Crippen molar-refractivity contribution < 1.29 is 0 Å². The molecule has 2 heterocycles. The molecule has 0 bridgehead atoms. The van der Waals surface area contributed by atoms with Gasteiger partial charge in [-0.2, -0.15) is 11.8 Å². The van der Waals surface area contributed by atoms with Crippen molar-refractivity contribution >= 4 is 17.6 Å². The highest BCUT2D eigenvalue weighted by molar-refractivity contribution is 7.99. The number of aryl methyl sites for hydroxylation is 1. The molecule has 3 nitrogen and oxygen atoms in total. The van der Waals surface area contributed by atoms with E-state index in [2.05, 4.69) is 27.0 Å². The Kier molecular flexibility index (Phi) is 3.50. The van der Waals surface area contributed by atoms with Gasteiger partial charge in [0.05, 0.1) is 0 Å². The number of anilines is 1. The SMILES string of the molecule is c1nc2c(c(NC3CCCSC3)n1)CCCC2. The van der Waals surface area contributed by atoms with Crippen molar-refractivity contribution in [2.45, 2.75) is 44.6 Å². The van der Waals surface area contributed by atoms with E-state index < -0.39 is 0 Å². The molecular weight excluding hydrogens is 230 g/mol. The molecule has 1 fully saturated rings. The van der Waals surface area contributed by atoms with E-state index in [-0.39, 0.29) is 0 Å². The molecule has 0 spiro atoms. The van der Waals surface area contributed by atoms with E-state index in [4.69, 9.17) is 0 Å².